The molecule has 6 nitrogen and oxygen atoms in total. The van der Waals surface area contributed by atoms with Gasteiger partial charge in [-0.3, -0.25) is 9.78 Å². The Morgan fingerprint density at radius 1 is 1.25 bits per heavy atom. The quantitative estimate of drug-likeness (QED) is 0.777. The summed E-state index contributed by atoms with van der Waals surface area (Å²) in [7, 11) is -3.38. The Balaban J connectivity index is 1.65. The van der Waals surface area contributed by atoms with E-state index < -0.39 is 10.0 Å². The number of rotatable bonds is 6. The van der Waals surface area contributed by atoms with Crippen LogP contribution in [0.15, 0.2) is 42.5 Å². The molecule has 1 saturated heterocycles. The molecule has 2 aromatic rings. The summed E-state index contributed by atoms with van der Waals surface area (Å²) in [5.41, 5.74) is 3.09. The lowest BCUT2D eigenvalue weighted by molar-refractivity contribution is -0.131. The maximum Gasteiger partial charge on any atom is 0.237 e. The Morgan fingerprint density at radius 2 is 2.00 bits per heavy atom. The van der Waals surface area contributed by atoms with E-state index in [-0.39, 0.29) is 18.4 Å². The number of carbonyl (C=O) groups excluding carboxylic acids is 1. The topological polar surface area (TPSA) is 79.4 Å². The van der Waals surface area contributed by atoms with Gasteiger partial charge in [-0.15, -0.1) is 0 Å². The fourth-order valence-corrected chi connectivity index (χ4v) is 3.90. The molecule has 0 saturated carbocycles. The van der Waals surface area contributed by atoms with Crippen LogP contribution in [-0.2, 0) is 21.2 Å². The van der Waals surface area contributed by atoms with Crippen molar-refractivity contribution in [2.24, 2.45) is 0 Å². The van der Waals surface area contributed by atoms with E-state index in [9.17, 15) is 13.2 Å². The van der Waals surface area contributed by atoms with Gasteiger partial charge in [0.25, 0.3) is 0 Å². The third-order valence-electron chi connectivity index (χ3n) is 4.80. The van der Waals surface area contributed by atoms with Gasteiger partial charge >= 0.3 is 0 Å². The number of pyridine rings is 1. The molecule has 28 heavy (non-hydrogen) atoms. The number of amides is 1. The van der Waals surface area contributed by atoms with Gasteiger partial charge in [0.1, 0.15) is 0 Å². The molecular formula is C20H24ClN3O3S. The molecular weight excluding hydrogens is 398 g/mol. The average molecular weight is 422 g/mol. The van der Waals surface area contributed by atoms with E-state index in [0.29, 0.717) is 18.1 Å². The standard InChI is InChI=1S/C20H24ClN3O3S/c1-28(26,27)22-13-20(25)24-11-3-4-16(14-24)19-6-2-5-18(23-19)12-15-7-9-17(21)10-8-15/h2,5-10,16,22H,3-4,11-14H2,1H3/t16-/m1/s1. The molecule has 150 valence electrons. The van der Waals surface area contributed by atoms with E-state index >= 15 is 0 Å². The second-order valence-corrected chi connectivity index (χ2v) is 9.40. The predicted octanol–water partition coefficient (Wildman–Crippen LogP) is 2.58. The van der Waals surface area contributed by atoms with Crippen LogP contribution < -0.4 is 4.72 Å². The number of nitrogens with zero attached hydrogens (tertiary/aromatic N) is 2. The molecule has 1 atom stereocenters. The minimum Gasteiger partial charge on any atom is -0.341 e. The molecule has 1 aliphatic heterocycles. The summed E-state index contributed by atoms with van der Waals surface area (Å²) < 4.78 is 24.7. The summed E-state index contributed by atoms with van der Waals surface area (Å²) in [6.45, 7) is 1.00. The first-order valence-corrected chi connectivity index (χ1v) is 11.5. The van der Waals surface area contributed by atoms with Gasteiger partial charge in [0, 0.05) is 41.8 Å². The highest BCUT2D eigenvalue weighted by atomic mass is 35.5. The molecule has 1 aromatic carbocycles. The minimum atomic E-state index is -3.38. The van der Waals surface area contributed by atoms with Crippen molar-refractivity contribution in [3.8, 4) is 0 Å². The van der Waals surface area contributed by atoms with Crippen LogP contribution in [0, 0.1) is 0 Å². The van der Waals surface area contributed by atoms with E-state index in [2.05, 4.69) is 4.72 Å². The smallest absolute Gasteiger partial charge is 0.237 e. The van der Waals surface area contributed by atoms with Crippen molar-refractivity contribution in [3.63, 3.8) is 0 Å². The molecule has 1 N–H and O–H groups in total. The maximum atomic E-state index is 12.3. The van der Waals surface area contributed by atoms with Crippen molar-refractivity contribution in [2.75, 3.05) is 25.9 Å². The van der Waals surface area contributed by atoms with Crippen molar-refractivity contribution >= 4 is 27.5 Å². The van der Waals surface area contributed by atoms with E-state index in [0.717, 1.165) is 42.5 Å². The normalized spacial score (nSPS) is 17.5. The van der Waals surface area contributed by atoms with Crippen LogP contribution in [0.5, 0.6) is 0 Å². The predicted molar refractivity (Wildman–Crippen MR) is 110 cm³/mol. The minimum absolute atomic E-state index is 0.154. The average Bonchev–Trinajstić information content (AvgIpc) is 2.68. The summed E-state index contributed by atoms with van der Waals surface area (Å²) in [5, 5.41) is 0.711. The molecule has 1 amide bonds. The number of likely N-dealkylation sites (tertiary alicyclic amines) is 1. The first-order valence-electron chi connectivity index (χ1n) is 9.23. The zero-order chi connectivity index (χ0) is 20.1. The van der Waals surface area contributed by atoms with Gasteiger partial charge in [-0.2, -0.15) is 0 Å². The highest BCUT2D eigenvalue weighted by Gasteiger charge is 2.26. The van der Waals surface area contributed by atoms with Gasteiger partial charge in [-0.25, -0.2) is 13.1 Å². The van der Waals surface area contributed by atoms with Gasteiger partial charge in [-0.1, -0.05) is 29.8 Å². The number of sulfonamides is 1. The number of piperidine rings is 1. The lowest BCUT2D eigenvalue weighted by atomic mass is 9.93. The largest absolute Gasteiger partial charge is 0.341 e. The van der Waals surface area contributed by atoms with E-state index in [1.54, 1.807) is 4.90 Å². The molecule has 8 heteroatoms. The zero-order valence-corrected chi connectivity index (χ0v) is 17.3. The number of carbonyl (C=O) groups is 1. The molecule has 0 bridgehead atoms. The molecule has 3 rings (SSSR count). The van der Waals surface area contributed by atoms with Gasteiger partial charge in [-0.05, 0) is 42.7 Å². The Labute approximate surface area is 171 Å². The Hall–Kier alpha value is -1.96. The number of benzene rings is 1. The fourth-order valence-electron chi connectivity index (χ4n) is 3.39. The van der Waals surface area contributed by atoms with Gasteiger partial charge < -0.3 is 4.90 Å². The Morgan fingerprint density at radius 3 is 2.71 bits per heavy atom. The van der Waals surface area contributed by atoms with Crippen LogP contribution in [0.25, 0.3) is 0 Å². The highest BCUT2D eigenvalue weighted by Crippen LogP contribution is 2.26. The summed E-state index contributed by atoms with van der Waals surface area (Å²) in [6, 6.07) is 13.7. The second-order valence-electron chi connectivity index (χ2n) is 7.13. The summed E-state index contributed by atoms with van der Waals surface area (Å²) in [5.74, 6) is -0.0476. The van der Waals surface area contributed by atoms with E-state index in [1.807, 2.05) is 42.5 Å². The zero-order valence-electron chi connectivity index (χ0n) is 15.8. The number of aromatic nitrogens is 1. The second kappa shape index (κ2) is 9.03. The van der Waals surface area contributed by atoms with Crippen molar-refractivity contribution in [2.45, 2.75) is 25.2 Å². The number of hydrogen-bond acceptors (Lipinski definition) is 4. The van der Waals surface area contributed by atoms with Crippen molar-refractivity contribution in [1.82, 2.24) is 14.6 Å². The van der Waals surface area contributed by atoms with Crippen LogP contribution in [0.1, 0.15) is 35.7 Å². The lowest BCUT2D eigenvalue weighted by Crippen LogP contribution is -2.44. The molecule has 1 fully saturated rings. The molecule has 0 unspecified atom stereocenters. The van der Waals surface area contributed by atoms with E-state index in [1.165, 1.54) is 0 Å². The lowest BCUT2D eigenvalue weighted by Gasteiger charge is -2.32. The van der Waals surface area contributed by atoms with Crippen molar-refractivity contribution in [3.05, 3.63) is 64.4 Å². The van der Waals surface area contributed by atoms with Gasteiger partial charge in [0.2, 0.25) is 15.9 Å². The summed E-state index contributed by atoms with van der Waals surface area (Å²) >= 11 is 5.94. The van der Waals surface area contributed by atoms with Gasteiger partial charge in [0.05, 0.1) is 12.8 Å². The van der Waals surface area contributed by atoms with Gasteiger partial charge in [0.15, 0.2) is 0 Å². The molecule has 2 heterocycles. The van der Waals surface area contributed by atoms with Crippen LogP contribution in [0.4, 0.5) is 0 Å². The molecule has 0 radical (unpaired) electrons. The van der Waals surface area contributed by atoms with Crippen molar-refractivity contribution < 1.29 is 13.2 Å². The molecule has 1 aromatic heterocycles. The summed E-state index contributed by atoms with van der Waals surface area (Å²) in [6.07, 6.45) is 3.60. The van der Waals surface area contributed by atoms with Crippen molar-refractivity contribution in [1.29, 1.82) is 0 Å². The third kappa shape index (κ3) is 6.02. The maximum absolute atomic E-state index is 12.3. The van der Waals surface area contributed by atoms with Crippen LogP contribution in [0.3, 0.4) is 0 Å². The third-order valence-corrected chi connectivity index (χ3v) is 5.73. The number of nitrogens with one attached hydrogen (secondary N) is 1. The Bertz CT molecular complexity index is 932. The van der Waals surface area contributed by atoms with E-state index in [4.69, 9.17) is 16.6 Å². The molecule has 0 aliphatic carbocycles. The molecule has 1 aliphatic rings. The summed E-state index contributed by atoms with van der Waals surface area (Å²) in [4.78, 5) is 18.9. The highest BCUT2D eigenvalue weighted by molar-refractivity contribution is 7.88. The molecule has 0 spiro atoms. The SMILES string of the molecule is CS(=O)(=O)NCC(=O)N1CCC[C@@H](c2cccc(Cc3ccc(Cl)cc3)n2)C1. The van der Waals surface area contributed by atoms with Crippen LogP contribution in [0.2, 0.25) is 5.02 Å². The first kappa shape index (κ1) is 20.8. The van der Waals surface area contributed by atoms with Crippen LogP contribution in [-0.4, -0.2) is 50.1 Å². The Kier molecular flexibility index (Phi) is 6.69. The van der Waals surface area contributed by atoms with Crippen LogP contribution >= 0.6 is 11.6 Å². The fraction of sp³-hybridized carbons (Fsp3) is 0.400. The first-order chi connectivity index (χ1) is 13.3. The number of halogens is 1. The number of hydrogen-bond donors (Lipinski definition) is 1. The monoisotopic (exact) mass is 421 g/mol.